The van der Waals surface area contributed by atoms with Crippen molar-refractivity contribution >= 4 is 5.71 Å². The fraction of sp³-hybridized carbons (Fsp3) is 0.417. The van der Waals surface area contributed by atoms with Crippen LogP contribution in [0.3, 0.4) is 0 Å². The number of aryl methyl sites for hydroxylation is 2. The summed E-state index contributed by atoms with van der Waals surface area (Å²) in [7, 11) is 0. The average molecular weight is 191 g/mol. The van der Waals surface area contributed by atoms with Gasteiger partial charge in [-0.15, -0.1) is 0 Å². The van der Waals surface area contributed by atoms with Gasteiger partial charge in [0.2, 0.25) is 0 Å². The van der Waals surface area contributed by atoms with Crippen LogP contribution in [0.4, 0.5) is 0 Å². The molecule has 76 valence electrons. The molecule has 14 heavy (non-hydrogen) atoms. The minimum Gasteiger partial charge on any atom is -0.411 e. The Balaban J connectivity index is 3.17. The molecule has 0 unspecified atom stereocenters. The number of hydrogen-bond donors (Lipinski definition) is 1. The predicted molar refractivity (Wildman–Crippen MR) is 59.2 cm³/mol. The second-order valence-electron chi connectivity index (χ2n) is 3.43. The average Bonchev–Trinajstić information content (AvgIpc) is 2.27. The van der Waals surface area contributed by atoms with E-state index in [1.54, 1.807) is 0 Å². The first kappa shape index (κ1) is 10.8. The smallest absolute Gasteiger partial charge is 0.0837 e. The molecule has 1 aromatic rings. The van der Waals surface area contributed by atoms with Gasteiger partial charge in [0, 0.05) is 0 Å². The molecule has 1 N–H and O–H groups in total. The first-order chi connectivity index (χ1) is 6.71. The molecule has 0 aliphatic heterocycles. The summed E-state index contributed by atoms with van der Waals surface area (Å²) >= 11 is 0. The fourth-order valence-electron chi connectivity index (χ4n) is 1.44. The van der Waals surface area contributed by atoms with Gasteiger partial charge in [0.1, 0.15) is 0 Å². The number of nitrogens with zero attached hydrogens (tertiary/aromatic N) is 1. The lowest BCUT2D eigenvalue weighted by atomic mass is 10.0. The Hall–Kier alpha value is -1.31. The lowest BCUT2D eigenvalue weighted by Crippen LogP contribution is -1.98. The number of oxime groups is 1. The van der Waals surface area contributed by atoms with Crippen LogP contribution in [0.1, 0.15) is 37.5 Å². The van der Waals surface area contributed by atoms with Crippen LogP contribution >= 0.6 is 0 Å². The molecule has 0 bridgehead atoms. The van der Waals surface area contributed by atoms with Crippen molar-refractivity contribution in [2.45, 2.75) is 33.6 Å². The van der Waals surface area contributed by atoms with Crippen LogP contribution in [0.25, 0.3) is 0 Å². The highest BCUT2D eigenvalue weighted by Gasteiger charge is 2.02. The topological polar surface area (TPSA) is 32.6 Å². The van der Waals surface area contributed by atoms with Crippen molar-refractivity contribution in [2.24, 2.45) is 5.16 Å². The Bertz CT molecular complexity index is 320. The minimum absolute atomic E-state index is 0.676. The first-order valence-electron chi connectivity index (χ1n) is 5.03. The molecule has 0 saturated carbocycles. The molecule has 0 heterocycles. The zero-order valence-corrected chi connectivity index (χ0v) is 9.04. The van der Waals surface area contributed by atoms with Gasteiger partial charge in [0.15, 0.2) is 0 Å². The maximum Gasteiger partial charge on any atom is 0.0837 e. The lowest BCUT2D eigenvalue weighted by Gasteiger charge is -2.06. The first-order valence-corrected chi connectivity index (χ1v) is 5.03. The Morgan fingerprint density at radius 1 is 1.14 bits per heavy atom. The van der Waals surface area contributed by atoms with Gasteiger partial charge in [-0.1, -0.05) is 25.1 Å². The molecule has 1 rings (SSSR count). The van der Waals surface area contributed by atoms with Gasteiger partial charge in [-0.2, -0.15) is 0 Å². The maximum absolute atomic E-state index is 8.70. The number of rotatable bonds is 3. The molecular formula is C12H17NO. The third-order valence-electron chi connectivity index (χ3n) is 2.44. The van der Waals surface area contributed by atoms with Crippen LogP contribution in [0, 0.1) is 0 Å². The van der Waals surface area contributed by atoms with Gasteiger partial charge in [-0.25, -0.2) is 0 Å². The molecule has 2 nitrogen and oxygen atoms in total. The summed E-state index contributed by atoms with van der Waals surface area (Å²) in [6, 6.07) is 6.36. The zero-order valence-electron chi connectivity index (χ0n) is 9.04. The summed E-state index contributed by atoms with van der Waals surface area (Å²) in [6.07, 6.45) is 2.03. The second-order valence-corrected chi connectivity index (χ2v) is 3.43. The normalized spacial score (nSPS) is 11.8. The highest BCUT2D eigenvalue weighted by atomic mass is 16.4. The van der Waals surface area contributed by atoms with Crippen molar-refractivity contribution < 1.29 is 5.21 Å². The quantitative estimate of drug-likeness (QED) is 0.444. The van der Waals surface area contributed by atoms with E-state index < -0.39 is 0 Å². The summed E-state index contributed by atoms with van der Waals surface area (Å²) in [5, 5.41) is 11.9. The van der Waals surface area contributed by atoms with Crippen molar-refractivity contribution in [3.05, 3.63) is 34.9 Å². The van der Waals surface area contributed by atoms with Crippen molar-refractivity contribution in [2.75, 3.05) is 0 Å². The van der Waals surface area contributed by atoms with Gasteiger partial charge >= 0.3 is 0 Å². The molecular weight excluding hydrogens is 174 g/mol. The molecule has 0 amide bonds. The SMILES string of the molecule is CCc1cc(CC)cc(/C(C)=N/O)c1. The molecule has 0 aliphatic carbocycles. The Labute approximate surface area is 85.3 Å². The standard InChI is InChI=1S/C12H17NO/c1-4-10-6-11(5-2)8-12(7-10)9(3)13-14/h6-8,14H,4-5H2,1-3H3/b13-9+. The van der Waals surface area contributed by atoms with Crippen LogP contribution in [-0.4, -0.2) is 10.9 Å². The fourth-order valence-corrected chi connectivity index (χ4v) is 1.44. The highest BCUT2D eigenvalue weighted by molar-refractivity contribution is 5.98. The molecule has 0 atom stereocenters. The highest BCUT2D eigenvalue weighted by Crippen LogP contribution is 2.12. The van der Waals surface area contributed by atoms with Gasteiger partial charge < -0.3 is 5.21 Å². The summed E-state index contributed by atoms with van der Waals surface area (Å²) < 4.78 is 0. The molecule has 0 radical (unpaired) electrons. The molecule has 0 aromatic heterocycles. The van der Waals surface area contributed by atoms with E-state index in [9.17, 15) is 0 Å². The van der Waals surface area contributed by atoms with Crippen LogP contribution in [0.5, 0.6) is 0 Å². The lowest BCUT2D eigenvalue weighted by molar-refractivity contribution is 0.319. The van der Waals surface area contributed by atoms with Gasteiger partial charge in [0.05, 0.1) is 5.71 Å². The van der Waals surface area contributed by atoms with Crippen molar-refractivity contribution in [1.82, 2.24) is 0 Å². The molecule has 0 aliphatic rings. The third-order valence-corrected chi connectivity index (χ3v) is 2.44. The summed E-state index contributed by atoms with van der Waals surface area (Å²) in [5.74, 6) is 0. The van der Waals surface area contributed by atoms with E-state index in [1.165, 1.54) is 11.1 Å². The van der Waals surface area contributed by atoms with Crippen LogP contribution in [0.2, 0.25) is 0 Å². The van der Waals surface area contributed by atoms with Gasteiger partial charge in [0.25, 0.3) is 0 Å². The van der Waals surface area contributed by atoms with Crippen LogP contribution < -0.4 is 0 Å². The summed E-state index contributed by atoms with van der Waals surface area (Å²) in [4.78, 5) is 0. The summed E-state index contributed by atoms with van der Waals surface area (Å²) in [5.41, 5.74) is 4.28. The van der Waals surface area contributed by atoms with Crippen molar-refractivity contribution in [1.29, 1.82) is 0 Å². The Morgan fingerprint density at radius 3 is 2.00 bits per heavy atom. The largest absolute Gasteiger partial charge is 0.411 e. The monoisotopic (exact) mass is 191 g/mol. The van der Waals surface area contributed by atoms with Crippen LogP contribution in [-0.2, 0) is 12.8 Å². The van der Waals surface area contributed by atoms with E-state index in [0.29, 0.717) is 5.71 Å². The third kappa shape index (κ3) is 2.34. The Kier molecular flexibility index (Phi) is 3.69. The second kappa shape index (κ2) is 4.80. The zero-order chi connectivity index (χ0) is 10.6. The number of benzene rings is 1. The number of hydrogen-bond acceptors (Lipinski definition) is 2. The molecule has 0 saturated heterocycles. The van der Waals surface area contributed by atoms with Crippen LogP contribution in [0.15, 0.2) is 23.4 Å². The molecule has 0 fully saturated rings. The molecule has 1 aromatic carbocycles. The van der Waals surface area contributed by atoms with Gasteiger partial charge in [-0.3, -0.25) is 0 Å². The molecule has 2 heteroatoms. The van der Waals surface area contributed by atoms with E-state index >= 15 is 0 Å². The Morgan fingerprint density at radius 2 is 1.64 bits per heavy atom. The summed E-state index contributed by atoms with van der Waals surface area (Å²) in [6.45, 7) is 6.07. The minimum atomic E-state index is 0.676. The van der Waals surface area contributed by atoms with Crippen molar-refractivity contribution in [3.8, 4) is 0 Å². The van der Waals surface area contributed by atoms with E-state index in [2.05, 4.69) is 37.2 Å². The maximum atomic E-state index is 8.70. The van der Waals surface area contributed by atoms with Gasteiger partial charge in [-0.05, 0) is 48.6 Å². The predicted octanol–water partition coefficient (Wildman–Crippen LogP) is 3.01. The van der Waals surface area contributed by atoms with Crippen molar-refractivity contribution in [3.63, 3.8) is 0 Å². The van der Waals surface area contributed by atoms with E-state index in [-0.39, 0.29) is 0 Å². The van der Waals surface area contributed by atoms with E-state index in [0.717, 1.165) is 18.4 Å². The van der Waals surface area contributed by atoms with E-state index in [1.807, 2.05) is 6.92 Å². The van der Waals surface area contributed by atoms with E-state index in [4.69, 9.17) is 5.21 Å². The molecule has 0 spiro atoms.